The number of carbonyl (C=O) groups excluding carboxylic acids is 2. The van der Waals surface area contributed by atoms with Gasteiger partial charge in [-0.3, -0.25) is 9.69 Å². The van der Waals surface area contributed by atoms with E-state index in [-0.39, 0.29) is 25.1 Å². The summed E-state index contributed by atoms with van der Waals surface area (Å²) in [6, 6.07) is 0. The minimum absolute atomic E-state index is 0.0722. The van der Waals surface area contributed by atoms with Crippen molar-refractivity contribution in [3.8, 4) is 0 Å². The van der Waals surface area contributed by atoms with Crippen molar-refractivity contribution in [1.82, 2.24) is 4.90 Å². The zero-order valence-corrected chi connectivity index (χ0v) is 35.0. The van der Waals surface area contributed by atoms with Crippen LogP contribution in [0.25, 0.3) is 0 Å². The van der Waals surface area contributed by atoms with Gasteiger partial charge in [0.2, 0.25) is 0 Å². The van der Waals surface area contributed by atoms with Gasteiger partial charge in [-0.05, 0) is 57.8 Å². The fourth-order valence-electron chi connectivity index (χ4n) is 6.91. The van der Waals surface area contributed by atoms with E-state index < -0.39 is 18.0 Å². The maximum absolute atomic E-state index is 12.8. The van der Waals surface area contributed by atoms with Crippen LogP contribution in [0.3, 0.4) is 0 Å². The van der Waals surface area contributed by atoms with Gasteiger partial charge in [0.05, 0.1) is 13.2 Å². The first-order chi connectivity index (χ1) is 25.7. The van der Waals surface area contributed by atoms with Crippen molar-refractivity contribution >= 4 is 11.9 Å². The van der Waals surface area contributed by atoms with Crippen molar-refractivity contribution in [3.05, 3.63) is 0 Å². The standard InChI is InChI=1S/C44H87NO8/c1-4-7-10-13-16-17-18-23-31-38-52-42(48)34-27-24-30-37-45(41(47)39-46)36-29-22-21-28-35-44(50,51)43(49)53-40(32-25-19-14-11-8-5-2)33-26-20-15-12-9-6-3/h40-41,46-47,50-51H,4-39H2,1-3H3. The molecule has 0 aromatic rings. The summed E-state index contributed by atoms with van der Waals surface area (Å²) in [6.07, 6.45) is 30.8. The van der Waals surface area contributed by atoms with E-state index in [1.54, 1.807) is 0 Å². The van der Waals surface area contributed by atoms with Crippen LogP contribution in [0.15, 0.2) is 0 Å². The van der Waals surface area contributed by atoms with Gasteiger partial charge in [0.15, 0.2) is 0 Å². The fourth-order valence-corrected chi connectivity index (χ4v) is 6.91. The molecule has 0 rings (SSSR count). The number of unbranched alkanes of at least 4 members (excludes halogenated alkanes) is 23. The number of aliphatic hydroxyl groups is 4. The Morgan fingerprint density at radius 1 is 0.566 bits per heavy atom. The third kappa shape index (κ3) is 32.7. The van der Waals surface area contributed by atoms with Crippen molar-refractivity contribution in [1.29, 1.82) is 0 Å². The maximum atomic E-state index is 12.8. The lowest BCUT2D eigenvalue weighted by molar-refractivity contribution is -0.217. The molecule has 4 N–H and O–H groups in total. The van der Waals surface area contributed by atoms with Crippen LogP contribution in [0, 0.1) is 0 Å². The lowest BCUT2D eigenvalue weighted by Gasteiger charge is -2.26. The predicted molar refractivity (Wildman–Crippen MR) is 217 cm³/mol. The average Bonchev–Trinajstić information content (AvgIpc) is 3.14. The molecule has 0 fully saturated rings. The highest BCUT2D eigenvalue weighted by atomic mass is 16.6. The molecule has 0 spiro atoms. The second-order valence-corrected chi connectivity index (χ2v) is 15.7. The molecule has 0 amide bonds. The van der Waals surface area contributed by atoms with Gasteiger partial charge in [-0.1, -0.05) is 156 Å². The Bertz CT molecular complexity index is 794. The Labute approximate surface area is 326 Å². The number of esters is 2. The van der Waals surface area contributed by atoms with Crippen LogP contribution in [0.2, 0.25) is 0 Å². The minimum Gasteiger partial charge on any atom is -0.466 e. The quantitative estimate of drug-likeness (QED) is 0.0273. The van der Waals surface area contributed by atoms with Crippen molar-refractivity contribution in [2.75, 3.05) is 26.3 Å². The summed E-state index contributed by atoms with van der Waals surface area (Å²) in [5, 5.41) is 41.0. The Hall–Kier alpha value is -1.26. The number of hydrogen-bond acceptors (Lipinski definition) is 9. The third-order valence-electron chi connectivity index (χ3n) is 10.5. The molecule has 0 bridgehead atoms. The Morgan fingerprint density at radius 2 is 0.981 bits per heavy atom. The SMILES string of the molecule is CCCCCCCCCCCOC(=O)CCCCCN(CCCCCCC(O)(O)C(=O)OC(CCCCCCCC)CCCCCCCC)C(O)CO. The van der Waals surface area contributed by atoms with Crippen molar-refractivity contribution < 1.29 is 39.5 Å². The lowest BCUT2D eigenvalue weighted by atomic mass is 10.0. The zero-order valence-electron chi connectivity index (χ0n) is 35.0. The molecule has 0 aliphatic rings. The maximum Gasteiger partial charge on any atom is 0.366 e. The van der Waals surface area contributed by atoms with Gasteiger partial charge in [-0.15, -0.1) is 0 Å². The molecule has 53 heavy (non-hydrogen) atoms. The number of hydrogen-bond donors (Lipinski definition) is 4. The van der Waals surface area contributed by atoms with Crippen LogP contribution in [0.5, 0.6) is 0 Å². The summed E-state index contributed by atoms with van der Waals surface area (Å²) in [4.78, 5) is 26.8. The van der Waals surface area contributed by atoms with Crippen LogP contribution in [0.1, 0.15) is 226 Å². The molecule has 0 heterocycles. The number of ether oxygens (including phenoxy) is 2. The second kappa shape index (κ2) is 37.7. The number of nitrogens with zero attached hydrogens (tertiary/aromatic N) is 1. The van der Waals surface area contributed by atoms with Gasteiger partial charge in [-0.2, -0.15) is 0 Å². The van der Waals surface area contributed by atoms with Crippen LogP contribution in [-0.2, 0) is 19.1 Å². The van der Waals surface area contributed by atoms with E-state index in [0.717, 1.165) is 83.5 Å². The normalized spacial score (nSPS) is 12.5. The minimum atomic E-state index is -2.49. The van der Waals surface area contributed by atoms with Crippen LogP contribution >= 0.6 is 0 Å². The van der Waals surface area contributed by atoms with Gasteiger partial charge in [0.25, 0.3) is 5.79 Å². The molecule has 0 aromatic carbocycles. The summed E-state index contributed by atoms with van der Waals surface area (Å²) >= 11 is 0. The molecule has 0 radical (unpaired) electrons. The summed E-state index contributed by atoms with van der Waals surface area (Å²) < 4.78 is 11.1. The van der Waals surface area contributed by atoms with E-state index in [1.165, 1.54) is 96.3 Å². The molecule has 0 saturated heterocycles. The molecular formula is C44H87NO8. The molecule has 9 heteroatoms. The monoisotopic (exact) mass is 758 g/mol. The first-order valence-electron chi connectivity index (χ1n) is 22.6. The highest BCUT2D eigenvalue weighted by molar-refractivity contribution is 5.77. The Morgan fingerprint density at radius 3 is 1.47 bits per heavy atom. The molecule has 1 atom stereocenters. The number of aliphatic hydroxyl groups excluding tert-OH is 2. The van der Waals surface area contributed by atoms with Crippen molar-refractivity contribution in [2.45, 2.75) is 244 Å². The van der Waals surface area contributed by atoms with Crippen LogP contribution in [0.4, 0.5) is 0 Å². The topological polar surface area (TPSA) is 137 Å². The van der Waals surface area contributed by atoms with Gasteiger partial charge in [0.1, 0.15) is 12.3 Å². The molecule has 0 aliphatic carbocycles. The highest BCUT2D eigenvalue weighted by Gasteiger charge is 2.36. The first kappa shape index (κ1) is 51.7. The van der Waals surface area contributed by atoms with Crippen LogP contribution < -0.4 is 0 Å². The Balaban J connectivity index is 4.30. The van der Waals surface area contributed by atoms with Gasteiger partial charge in [-0.25, -0.2) is 4.79 Å². The van der Waals surface area contributed by atoms with E-state index >= 15 is 0 Å². The van der Waals surface area contributed by atoms with E-state index in [1.807, 2.05) is 4.90 Å². The summed E-state index contributed by atoms with van der Waals surface area (Å²) in [5.41, 5.74) is 0. The lowest BCUT2D eigenvalue weighted by Crippen LogP contribution is -2.41. The summed E-state index contributed by atoms with van der Waals surface area (Å²) in [6.45, 7) is 8.03. The molecule has 0 aromatic heterocycles. The van der Waals surface area contributed by atoms with E-state index in [9.17, 15) is 30.0 Å². The zero-order chi connectivity index (χ0) is 39.3. The number of carbonyl (C=O) groups is 2. The van der Waals surface area contributed by atoms with Crippen molar-refractivity contribution in [2.24, 2.45) is 0 Å². The van der Waals surface area contributed by atoms with Crippen molar-refractivity contribution in [3.63, 3.8) is 0 Å². The molecule has 0 aliphatic heterocycles. The number of rotatable bonds is 41. The summed E-state index contributed by atoms with van der Waals surface area (Å²) in [5.74, 6) is -3.55. The molecule has 9 nitrogen and oxygen atoms in total. The highest BCUT2D eigenvalue weighted by Crippen LogP contribution is 2.21. The second-order valence-electron chi connectivity index (χ2n) is 15.7. The van der Waals surface area contributed by atoms with Crippen LogP contribution in [-0.4, -0.2) is 81.7 Å². The molecule has 1 unspecified atom stereocenters. The Kier molecular flexibility index (Phi) is 36.8. The molecule has 0 saturated carbocycles. The largest absolute Gasteiger partial charge is 0.466 e. The van der Waals surface area contributed by atoms with E-state index in [2.05, 4.69) is 20.8 Å². The smallest absolute Gasteiger partial charge is 0.366 e. The van der Waals surface area contributed by atoms with E-state index in [4.69, 9.17) is 9.47 Å². The summed E-state index contributed by atoms with van der Waals surface area (Å²) in [7, 11) is 0. The average molecular weight is 758 g/mol. The van der Waals surface area contributed by atoms with Gasteiger partial charge in [0, 0.05) is 25.9 Å². The van der Waals surface area contributed by atoms with Gasteiger partial charge >= 0.3 is 11.9 Å². The fraction of sp³-hybridized carbons (Fsp3) is 0.955. The predicted octanol–water partition coefficient (Wildman–Crippen LogP) is 10.3. The molecule has 316 valence electrons. The molecular weight excluding hydrogens is 670 g/mol. The third-order valence-corrected chi connectivity index (χ3v) is 10.5. The first-order valence-corrected chi connectivity index (χ1v) is 22.6. The van der Waals surface area contributed by atoms with E-state index in [0.29, 0.717) is 39.0 Å². The van der Waals surface area contributed by atoms with Gasteiger partial charge < -0.3 is 29.9 Å².